The van der Waals surface area contributed by atoms with E-state index >= 15 is 4.39 Å². The predicted molar refractivity (Wildman–Crippen MR) is 166 cm³/mol. The Bertz CT molecular complexity index is 1370. The lowest BCUT2D eigenvalue weighted by Crippen LogP contribution is -2.36. The fraction of sp³-hybridized carbons (Fsp3) is 0.375. The zero-order chi connectivity index (χ0) is 28.8. The maximum Gasteiger partial charge on any atom is 0.133 e. The van der Waals surface area contributed by atoms with Crippen molar-refractivity contribution >= 4 is 30.0 Å². The number of halogens is 1. The Morgan fingerprint density at radius 3 is 2.76 bits per heavy atom. The van der Waals surface area contributed by atoms with E-state index in [0.29, 0.717) is 29.5 Å². The highest BCUT2D eigenvalue weighted by Crippen LogP contribution is 2.43. The van der Waals surface area contributed by atoms with Gasteiger partial charge in [-0.1, -0.05) is 24.8 Å². The van der Waals surface area contributed by atoms with Crippen molar-refractivity contribution < 1.29 is 9.13 Å². The van der Waals surface area contributed by atoms with E-state index in [1.807, 2.05) is 25.1 Å². The van der Waals surface area contributed by atoms with Crippen LogP contribution >= 0.6 is 0 Å². The second-order valence-corrected chi connectivity index (χ2v) is 10.7. The van der Waals surface area contributed by atoms with Gasteiger partial charge in [-0.05, 0) is 80.5 Å². The molecule has 216 valence electrons. The molecular formula is C32H40FN7O. The molecular weight excluding hydrogens is 517 g/mol. The van der Waals surface area contributed by atoms with Crippen molar-refractivity contribution in [3.63, 3.8) is 0 Å². The first-order valence-corrected chi connectivity index (χ1v) is 14.3. The molecule has 0 atom stereocenters. The van der Waals surface area contributed by atoms with Crippen LogP contribution in [0, 0.1) is 12.7 Å². The molecule has 1 saturated heterocycles. The number of ether oxygens (including phenoxy) is 1. The third-order valence-corrected chi connectivity index (χ3v) is 7.99. The molecule has 0 spiro atoms. The summed E-state index contributed by atoms with van der Waals surface area (Å²) >= 11 is 0. The number of hydrazine groups is 1. The number of benzene rings is 2. The number of hydrogen-bond acceptors (Lipinski definition) is 8. The highest BCUT2D eigenvalue weighted by molar-refractivity contribution is 5.85. The van der Waals surface area contributed by atoms with Crippen molar-refractivity contribution in [3.05, 3.63) is 88.6 Å². The molecule has 5 N–H and O–H groups in total. The van der Waals surface area contributed by atoms with Gasteiger partial charge in [-0.25, -0.2) is 9.82 Å². The van der Waals surface area contributed by atoms with Crippen LogP contribution in [0.4, 0.5) is 10.1 Å². The van der Waals surface area contributed by atoms with E-state index in [2.05, 4.69) is 50.4 Å². The number of aliphatic imine (C=N–C) groups is 2. The molecule has 1 saturated carbocycles. The Labute approximate surface area is 241 Å². The highest BCUT2D eigenvalue weighted by Gasteiger charge is 2.30. The minimum atomic E-state index is -0.173. The standard InChI is InChI=1S/C32H40FN7O/c1-21-28(30(35-3)19-38-39-20-37-27(17-34)18-36-26-10-13-41-14-11-26)5-4-6-31(21)40-12-9-24-15-25(23-7-8-23)16-29(33)32(24)22(40)2/h4-6,15-19,23,26,37-39H,2-3,7-14,20,34H2,1H3/b27-17+,30-19-,36-18?. The first-order valence-electron chi connectivity index (χ1n) is 14.3. The van der Waals surface area contributed by atoms with Gasteiger partial charge in [-0.2, -0.15) is 0 Å². The van der Waals surface area contributed by atoms with Gasteiger partial charge in [0.15, 0.2) is 0 Å². The molecule has 5 rings (SSSR count). The molecule has 9 heteroatoms. The summed E-state index contributed by atoms with van der Waals surface area (Å²) in [7, 11) is 0. The van der Waals surface area contributed by atoms with E-state index in [4.69, 9.17) is 10.5 Å². The molecule has 8 nitrogen and oxygen atoms in total. The van der Waals surface area contributed by atoms with Crippen molar-refractivity contribution in [1.29, 1.82) is 0 Å². The molecule has 0 bridgehead atoms. The van der Waals surface area contributed by atoms with Crippen molar-refractivity contribution in [2.45, 2.75) is 51.0 Å². The molecule has 0 unspecified atom stereocenters. The molecule has 0 aromatic heterocycles. The van der Waals surface area contributed by atoms with Crippen LogP contribution in [0.5, 0.6) is 0 Å². The van der Waals surface area contributed by atoms with Crippen LogP contribution < -0.4 is 26.8 Å². The number of allylic oxidation sites excluding steroid dienone is 1. The summed E-state index contributed by atoms with van der Waals surface area (Å²) in [6.07, 6.45) is 9.96. The number of hydrogen-bond donors (Lipinski definition) is 4. The van der Waals surface area contributed by atoms with Crippen molar-refractivity contribution in [3.8, 4) is 0 Å². The Balaban J connectivity index is 1.22. The second kappa shape index (κ2) is 13.1. The monoisotopic (exact) mass is 557 g/mol. The average molecular weight is 558 g/mol. The SMILES string of the molecule is C=N/C(=C\NNCN/C(C=NC1CCOCC1)=C/N)c1cccc(N2CCc3cc(C4CC4)cc(F)c3C2=C)c1C. The Morgan fingerprint density at radius 2 is 2.02 bits per heavy atom. The Kier molecular flexibility index (Phi) is 9.16. The topological polar surface area (TPSA) is 99.3 Å². The van der Waals surface area contributed by atoms with Gasteiger partial charge in [0, 0.05) is 60.9 Å². The number of fused-ring (bicyclic) bond motifs is 1. The second-order valence-electron chi connectivity index (χ2n) is 10.7. The summed E-state index contributed by atoms with van der Waals surface area (Å²) in [6, 6.07) is 10.2. The molecule has 2 aromatic rings. The van der Waals surface area contributed by atoms with Crippen LogP contribution in [0.2, 0.25) is 0 Å². The maximum atomic E-state index is 15.3. The zero-order valence-electron chi connectivity index (χ0n) is 23.8. The van der Waals surface area contributed by atoms with E-state index in [1.54, 1.807) is 18.5 Å². The quantitative estimate of drug-likeness (QED) is 0.138. The number of rotatable bonds is 11. The van der Waals surface area contributed by atoms with E-state index in [0.717, 1.165) is 85.5 Å². The van der Waals surface area contributed by atoms with Crippen molar-refractivity contribution in [2.24, 2.45) is 15.7 Å². The zero-order valence-corrected chi connectivity index (χ0v) is 23.8. The molecule has 2 aromatic carbocycles. The Hall–Kier alpha value is -3.95. The lowest BCUT2D eigenvalue weighted by atomic mass is 9.92. The van der Waals surface area contributed by atoms with Gasteiger partial charge in [0.1, 0.15) is 5.82 Å². The smallest absolute Gasteiger partial charge is 0.133 e. The van der Waals surface area contributed by atoms with Gasteiger partial charge in [0.25, 0.3) is 0 Å². The summed E-state index contributed by atoms with van der Waals surface area (Å²) in [5.41, 5.74) is 19.8. The minimum Gasteiger partial charge on any atom is -0.403 e. The van der Waals surface area contributed by atoms with Crippen molar-refractivity contribution in [1.82, 2.24) is 16.2 Å². The lowest BCUT2D eigenvalue weighted by molar-refractivity contribution is 0.0872. The fourth-order valence-corrected chi connectivity index (χ4v) is 5.51. The average Bonchev–Trinajstić information content (AvgIpc) is 3.84. The minimum absolute atomic E-state index is 0.173. The number of nitrogens with zero attached hydrogens (tertiary/aromatic N) is 3. The third-order valence-electron chi connectivity index (χ3n) is 7.99. The van der Waals surface area contributed by atoms with Gasteiger partial charge in [0.05, 0.1) is 24.1 Å². The van der Waals surface area contributed by atoms with Crippen LogP contribution in [-0.2, 0) is 11.2 Å². The summed E-state index contributed by atoms with van der Waals surface area (Å²) in [6.45, 7) is 12.8. The predicted octanol–water partition coefficient (Wildman–Crippen LogP) is 4.74. The van der Waals surface area contributed by atoms with Crippen LogP contribution in [0.25, 0.3) is 11.4 Å². The van der Waals surface area contributed by atoms with E-state index < -0.39 is 0 Å². The van der Waals surface area contributed by atoms with E-state index in [9.17, 15) is 0 Å². The first kappa shape index (κ1) is 28.6. The molecule has 3 aliphatic rings. The number of nitrogens with one attached hydrogen (secondary N) is 3. The number of nitrogens with two attached hydrogens (primary N) is 1. The van der Waals surface area contributed by atoms with Gasteiger partial charge < -0.3 is 26.1 Å². The van der Waals surface area contributed by atoms with Crippen molar-refractivity contribution in [2.75, 3.05) is 31.3 Å². The summed E-state index contributed by atoms with van der Waals surface area (Å²) in [4.78, 5) is 11.0. The normalized spacial score (nSPS) is 18.5. The summed E-state index contributed by atoms with van der Waals surface area (Å²) in [5, 5.41) is 3.19. The Morgan fingerprint density at radius 1 is 1.22 bits per heavy atom. The third kappa shape index (κ3) is 6.69. The molecule has 2 fully saturated rings. The van der Waals surface area contributed by atoms with E-state index in [-0.39, 0.29) is 11.9 Å². The number of anilines is 1. The maximum absolute atomic E-state index is 15.3. The molecule has 2 heterocycles. The lowest BCUT2D eigenvalue weighted by Gasteiger charge is -2.34. The van der Waals surface area contributed by atoms with E-state index in [1.165, 1.54) is 6.20 Å². The molecule has 0 radical (unpaired) electrons. The van der Waals surface area contributed by atoms with Crippen LogP contribution in [0.3, 0.4) is 0 Å². The molecule has 2 aliphatic heterocycles. The van der Waals surface area contributed by atoms with Gasteiger partial charge in [0.2, 0.25) is 0 Å². The van der Waals surface area contributed by atoms with Crippen LogP contribution in [0.1, 0.15) is 59.4 Å². The first-order chi connectivity index (χ1) is 20.0. The summed E-state index contributed by atoms with van der Waals surface area (Å²) < 4.78 is 20.6. The van der Waals surface area contributed by atoms with Gasteiger partial charge >= 0.3 is 0 Å². The van der Waals surface area contributed by atoms with Crippen LogP contribution in [-0.4, -0.2) is 45.4 Å². The highest BCUT2D eigenvalue weighted by atomic mass is 19.1. The van der Waals surface area contributed by atoms with Gasteiger partial charge in [-0.15, -0.1) is 0 Å². The van der Waals surface area contributed by atoms with Crippen LogP contribution in [0.15, 0.2) is 65.0 Å². The molecule has 41 heavy (non-hydrogen) atoms. The molecule has 0 amide bonds. The summed E-state index contributed by atoms with van der Waals surface area (Å²) in [5.74, 6) is 0.346. The largest absolute Gasteiger partial charge is 0.403 e. The fourth-order valence-electron chi connectivity index (χ4n) is 5.51. The van der Waals surface area contributed by atoms with Gasteiger partial charge in [-0.3, -0.25) is 9.98 Å². The molecule has 1 aliphatic carbocycles.